The van der Waals surface area contributed by atoms with Gasteiger partial charge in [-0.3, -0.25) is 0 Å². The molecule has 0 aliphatic heterocycles. The van der Waals surface area contributed by atoms with Crippen molar-refractivity contribution < 1.29 is 0 Å². The molecule has 0 spiro atoms. The third kappa shape index (κ3) is 2.40. The number of aromatic nitrogens is 1. The molecule has 0 radical (unpaired) electrons. The predicted molar refractivity (Wildman–Crippen MR) is 65.2 cm³/mol. The van der Waals surface area contributed by atoms with Crippen molar-refractivity contribution in [2.24, 2.45) is 0 Å². The van der Waals surface area contributed by atoms with Crippen molar-refractivity contribution in [1.82, 2.24) is 10.3 Å². The van der Waals surface area contributed by atoms with Gasteiger partial charge in [0.1, 0.15) is 0 Å². The standard InChI is InChI=1S/C12H20N2S/c1-3-11-14-10(9-15-11)8-13-12(4-2)6-5-7-12/h9,13H,3-8H2,1-2H3. The van der Waals surface area contributed by atoms with Crippen molar-refractivity contribution in [3.05, 3.63) is 16.1 Å². The summed E-state index contributed by atoms with van der Waals surface area (Å²) in [6.07, 6.45) is 6.38. The lowest BCUT2D eigenvalue weighted by Crippen LogP contribution is -2.49. The predicted octanol–water partition coefficient (Wildman–Crippen LogP) is 3.13. The molecular formula is C12H20N2S. The van der Waals surface area contributed by atoms with Crippen molar-refractivity contribution in [2.45, 2.75) is 58.0 Å². The summed E-state index contributed by atoms with van der Waals surface area (Å²) in [5, 5.41) is 7.12. The van der Waals surface area contributed by atoms with Crippen LogP contribution in [0, 0.1) is 0 Å². The molecule has 0 saturated heterocycles. The molecule has 1 aliphatic carbocycles. The van der Waals surface area contributed by atoms with Gasteiger partial charge >= 0.3 is 0 Å². The van der Waals surface area contributed by atoms with E-state index in [9.17, 15) is 0 Å². The van der Waals surface area contributed by atoms with Crippen molar-refractivity contribution in [3.63, 3.8) is 0 Å². The molecule has 0 aromatic carbocycles. The van der Waals surface area contributed by atoms with E-state index in [0.717, 1.165) is 13.0 Å². The molecule has 1 aromatic rings. The van der Waals surface area contributed by atoms with Gasteiger partial charge in [0, 0.05) is 17.5 Å². The lowest BCUT2D eigenvalue weighted by molar-refractivity contribution is 0.175. The first-order valence-electron chi connectivity index (χ1n) is 5.96. The summed E-state index contributed by atoms with van der Waals surface area (Å²) in [4.78, 5) is 4.58. The maximum atomic E-state index is 4.58. The van der Waals surface area contributed by atoms with Crippen LogP contribution in [-0.2, 0) is 13.0 Å². The number of nitrogens with zero attached hydrogens (tertiary/aromatic N) is 1. The van der Waals surface area contributed by atoms with Gasteiger partial charge in [-0.25, -0.2) is 4.98 Å². The average molecular weight is 224 g/mol. The van der Waals surface area contributed by atoms with Crippen LogP contribution in [0.3, 0.4) is 0 Å². The largest absolute Gasteiger partial charge is 0.306 e. The van der Waals surface area contributed by atoms with Crippen LogP contribution in [-0.4, -0.2) is 10.5 Å². The lowest BCUT2D eigenvalue weighted by Gasteiger charge is -2.42. The Morgan fingerprint density at radius 2 is 2.27 bits per heavy atom. The quantitative estimate of drug-likeness (QED) is 0.831. The Bertz CT molecular complexity index is 310. The van der Waals surface area contributed by atoms with Gasteiger partial charge in [-0.2, -0.15) is 0 Å². The van der Waals surface area contributed by atoms with Crippen LogP contribution in [0.1, 0.15) is 50.2 Å². The number of rotatable bonds is 5. The Kier molecular flexibility index (Phi) is 3.42. The third-order valence-corrected chi connectivity index (χ3v) is 4.58. The monoisotopic (exact) mass is 224 g/mol. The average Bonchev–Trinajstić information content (AvgIpc) is 2.65. The summed E-state index contributed by atoms with van der Waals surface area (Å²) in [7, 11) is 0. The van der Waals surface area contributed by atoms with Crippen LogP contribution in [0.5, 0.6) is 0 Å². The third-order valence-electron chi connectivity index (χ3n) is 3.53. The minimum atomic E-state index is 0.440. The highest BCUT2D eigenvalue weighted by Gasteiger charge is 2.34. The summed E-state index contributed by atoms with van der Waals surface area (Å²) in [5.74, 6) is 0. The number of hydrogen-bond acceptors (Lipinski definition) is 3. The summed E-state index contributed by atoms with van der Waals surface area (Å²) >= 11 is 1.78. The topological polar surface area (TPSA) is 24.9 Å². The van der Waals surface area contributed by atoms with E-state index >= 15 is 0 Å². The van der Waals surface area contributed by atoms with Gasteiger partial charge in [0.25, 0.3) is 0 Å². The molecule has 1 fully saturated rings. The van der Waals surface area contributed by atoms with Gasteiger partial charge in [0.15, 0.2) is 0 Å². The SMILES string of the molecule is CCc1nc(CNC2(CC)CCC2)cs1. The fourth-order valence-corrected chi connectivity index (χ4v) is 2.87. The molecule has 2 rings (SSSR count). The van der Waals surface area contributed by atoms with Gasteiger partial charge in [0.05, 0.1) is 10.7 Å². The highest BCUT2D eigenvalue weighted by Crippen LogP contribution is 2.34. The lowest BCUT2D eigenvalue weighted by atomic mass is 9.75. The van der Waals surface area contributed by atoms with Crippen LogP contribution in [0.15, 0.2) is 5.38 Å². The van der Waals surface area contributed by atoms with Crippen molar-refractivity contribution >= 4 is 11.3 Å². The Balaban J connectivity index is 1.86. The highest BCUT2D eigenvalue weighted by molar-refractivity contribution is 7.09. The molecule has 1 aromatic heterocycles. The smallest absolute Gasteiger partial charge is 0.0926 e. The van der Waals surface area contributed by atoms with E-state index in [1.165, 1.54) is 36.4 Å². The molecule has 1 aliphatic rings. The molecule has 0 amide bonds. The minimum Gasteiger partial charge on any atom is -0.306 e. The molecular weight excluding hydrogens is 204 g/mol. The normalized spacial score (nSPS) is 18.8. The first-order chi connectivity index (χ1) is 7.28. The van der Waals surface area contributed by atoms with Gasteiger partial charge < -0.3 is 5.32 Å². The zero-order chi connectivity index (χ0) is 10.7. The van der Waals surface area contributed by atoms with Crippen LogP contribution < -0.4 is 5.32 Å². The number of thiazole rings is 1. The molecule has 2 nitrogen and oxygen atoms in total. The molecule has 1 saturated carbocycles. The molecule has 0 bridgehead atoms. The Hall–Kier alpha value is -0.410. The van der Waals surface area contributed by atoms with E-state index in [1.54, 1.807) is 11.3 Å². The Labute approximate surface area is 96.1 Å². The summed E-state index contributed by atoms with van der Waals surface area (Å²) in [5.41, 5.74) is 1.66. The van der Waals surface area contributed by atoms with E-state index in [-0.39, 0.29) is 0 Å². The van der Waals surface area contributed by atoms with E-state index in [0.29, 0.717) is 5.54 Å². The van der Waals surface area contributed by atoms with Crippen molar-refractivity contribution in [3.8, 4) is 0 Å². The molecule has 1 heterocycles. The fraction of sp³-hybridized carbons (Fsp3) is 0.750. The van der Waals surface area contributed by atoms with Gasteiger partial charge in [-0.1, -0.05) is 13.8 Å². The fourth-order valence-electron chi connectivity index (χ4n) is 2.13. The number of hydrogen-bond donors (Lipinski definition) is 1. The van der Waals surface area contributed by atoms with Gasteiger partial charge in [-0.15, -0.1) is 11.3 Å². The number of nitrogens with one attached hydrogen (secondary N) is 1. The second kappa shape index (κ2) is 4.62. The second-order valence-electron chi connectivity index (χ2n) is 4.43. The second-order valence-corrected chi connectivity index (χ2v) is 5.37. The van der Waals surface area contributed by atoms with Crippen LogP contribution in [0.2, 0.25) is 0 Å². The molecule has 0 atom stereocenters. The summed E-state index contributed by atoms with van der Waals surface area (Å²) < 4.78 is 0. The molecule has 84 valence electrons. The Morgan fingerprint density at radius 1 is 1.47 bits per heavy atom. The minimum absolute atomic E-state index is 0.440. The Morgan fingerprint density at radius 3 is 2.73 bits per heavy atom. The number of aryl methyl sites for hydroxylation is 1. The zero-order valence-corrected chi connectivity index (χ0v) is 10.5. The highest BCUT2D eigenvalue weighted by atomic mass is 32.1. The van der Waals surface area contributed by atoms with E-state index in [1.807, 2.05) is 0 Å². The van der Waals surface area contributed by atoms with Crippen LogP contribution >= 0.6 is 11.3 Å². The van der Waals surface area contributed by atoms with Crippen LogP contribution in [0.4, 0.5) is 0 Å². The van der Waals surface area contributed by atoms with E-state index < -0.39 is 0 Å². The summed E-state index contributed by atoms with van der Waals surface area (Å²) in [6.45, 7) is 5.39. The molecule has 3 heteroatoms. The maximum Gasteiger partial charge on any atom is 0.0926 e. The molecule has 1 N–H and O–H groups in total. The first kappa shape index (κ1) is 11.1. The van der Waals surface area contributed by atoms with Gasteiger partial charge in [0.2, 0.25) is 0 Å². The first-order valence-corrected chi connectivity index (χ1v) is 6.84. The maximum absolute atomic E-state index is 4.58. The van der Waals surface area contributed by atoms with Gasteiger partial charge in [-0.05, 0) is 32.1 Å². The van der Waals surface area contributed by atoms with E-state index in [2.05, 4.69) is 29.5 Å². The molecule has 15 heavy (non-hydrogen) atoms. The van der Waals surface area contributed by atoms with Crippen molar-refractivity contribution in [2.75, 3.05) is 0 Å². The van der Waals surface area contributed by atoms with Crippen molar-refractivity contribution in [1.29, 1.82) is 0 Å². The molecule has 0 unspecified atom stereocenters. The summed E-state index contributed by atoms with van der Waals surface area (Å²) in [6, 6.07) is 0. The zero-order valence-electron chi connectivity index (χ0n) is 9.68. The van der Waals surface area contributed by atoms with Crippen LogP contribution in [0.25, 0.3) is 0 Å². The van der Waals surface area contributed by atoms with E-state index in [4.69, 9.17) is 0 Å².